The van der Waals surface area contributed by atoms with Crippen LogP contribution in [-0.2, 0) is 11.2 Å². The Balaban J connectivity index is 1.34. The second-order valence-electron chi connectivity index (χ2n) is 9.86. The number of nitrogens with one attached hydrogen (secondary N) is 1. The fraction of sp³-hybridized carbons (Fsp3) is 0.281. The van der Waals surface area contributed by atoms with E-state index in [1.54, 1.807) is 0 Å². The highest BCUT2D eigenvalue weighted by Crippen LogP contribution is 2.34. The van der Waals surface area contributed by atoms with Crippen molar-refractivity contribution in [2.24, 2.45) is 0 Å². The normalized spacial score (nSPS) is 14.0. The SMILES string of the molecule is Cc1ccccc1-n1c(-c2ccc(Cl)cc2)ccc1-c1ccc(CC(=O)NCCN2CCCCC2)cc1. The Hall–Kier alpha value is -3.34. The standard InChI is InChI=1S/C32H34ClN3O/c1-24-7-3-4-8-29(24)36-30(17-18-31(36)27-13-15-28(33)16-14-27)26-11-9-25(10-12-26)23-32(37)34-19-22-35-20-5-2-6-21-35/h3-4,7-18H,2,5-6,19-23H2,1H3,(H,34,37). The molecule has 0 atom stereocenters. The molecule has 190 valence electrons. The Morgan fingerprint density at radius 1 is 0.811 bits per heavy atom. The van der Waals surface area contributed by atoms with Crippen LogP contribution in [0, 0.1) is 6.92 Å². The fourth-order valence-corrected chi connectivity index (χ4v) is 5.29. The number of para-hydroxylation sites is 1. The van der Waals surface area contributed by atoms with Crippen LogP contribution in [0.3, 0.4) is 0 Å². The number of nitrogens with zero attached hydrogens (tertiary/aromatic N) is 2. The zero-order valence-corrected chi connectivity index (χ0v) is 22.2. The van der Waals surface area contributed by atoms with Crippen LogP contribution in [0.1, 0.15) is 30.4 Å². The average Bonchev–Trinajstić information content (AvgIpc) is 3.35. The minimum absolute atomic E-state index is 0.0815. The quantitative estimate of drug-likeness (QED) is 0.279. The average molecular weight is 512 g/mol. The van der Waals surface area contributed by atoms with Gasteiger partial charge in [0, 0.05) is 23.8 Å². The van der Waals surface area contributed by atoms with E-state index in [-0.39, 0.29) is 5.91 Å². The van der Waals surface area contributed by atoms with Crippen LogP contribution in [0.5, 0.6) is 0 Å². The van der Waals surface area contributed by atoms with Gasteiger partial charge in [-0.2, -0.15) is 0 Å². The number of hydrogen-bond donors (Lipinski definition) is 1. The summed E-state index contributed by atoms with van der Waals surface area (Å²) in [6.45, 7) is 6.10. The lowest BCUT2D eigenvalue weighted by Gasteiger charge is -2.26. The molecule has 5 heteroatoms. The molecule has 0 radical (unpaired) electrons. The molecule has 3 aromatic carbocycles. The smallest absolute Gasteiger partial charge is 0.224 e. The molecule has 0 unspecified atom stereocenters. The van der Waals surface area contributed by atoms with E-state index in [4.69, 9.17) is 11.6 Å². The van der Waals surface area contributed by atoms with Crippen molar-refractivity contribution in [1.29, 1.82) is 0 Å². The molecular weight excluding hydrogens is 478 g/mol. The van der Waals surface area contributed by atoms with Crippen LogP contribution in [0.2, 0.25) is 5.02 Å². The molecule has 2 heterocycles. The number of aromatic nitrogens is 1. The van der Waals surface area contributed by atoms with Crippen LogP contribution in [0.15, 0.2) is 84.9 Å². The fourth-order valence-electron chi connectivity index (χ4n) is 5.16. The molecule has 5 rings (SSSR count). The number of carbonyl (C=O) groups excluding carboxylic acids is 1. The molecule has 4 nitrogen and oxygen atoms in total. The van der Waals surface area contributed by atoms with E-state index in [2.05, 4.69) is 94.5 Å². The summed E-state index contributed by atoms with van der Waals surface area (Å²) in [7, 11) is 0. The number of aryl methyl sites for hydroxylation is 1. The third kappa shape index (κ3) is 6.15. The van der Waals surface area contributed by atoms with Crippen LogP contribution in [0.25, 0.3) is 28.2 Å². The second-order valence-corrected chi connectivity index (χ2v) is 10.3. The number of likely N-dealkylation sites (tertiary alicyclic amines) is 1. The summed E-state index contributed by atoms with van der Waals surface area (Å²) in [4.78, 5) is 15.0. The maximum absolute atomic E-state index is 12.5. The molecule has 1 aromatic heterocycles. The molecule has 1 saturated heterocycles. The lowest BCUT2D eigenvalue weighted by Crippen LogP contribution is -2.38. The van der Waals surface area contributed by atoms with Gasteiger partial charge in [0.2, 0.25) is 5.91 Å². The summed E-state index contributed by atoms with van der Waals surface area (Å²) in [6.07, 6.45) is 4.27. The molecule has 0 aliphatic carbocycles. The lowest BCUT2D eigenvalue weighted by molar-refractivity contribution is -0.120. The molecule has 0 bridgehead atoms. The number of benzene rings is 3. The highest BCUT2D eigenvalue weighted by atomic mass is 35.5. The number of rotatable bonds is 8. The number of amides is 1. The molecule has 1 aliphatic rings. The van der Waals surface area contributed by atoms with Crippen molar-refractivity contribution in [2.75, 3.05) is 26.2 Å². The minimum Gasteiger partial charge on any atom is -0.355 e. The van der Waals surface area contributed by atoms with Gasteiger partial charge in [-0.15, -0.1) is 0 Å². The molecule has 1 N–H and O–H groups in total. The Morgan fingerprint density at radius 2 is 1.43 bits per heavy atom. The number of carbonyl (C=O) groups is 1. The van der Waals surface area contributed by atoms with Crippen molar-refractivity contribution < 1.29 is 4.79 Å². The monoisotopic (exact) mass is 511 g/mol. The molecule has 1 amide bonds. The van der Waals surface area contributed by atoms with E-state index in [1.165, 1.54) is 24.8 Å². The first-order chi connectivity index (χ1) is 18.1. The van der Waals surface area contributed by atoms with Gasteiger partial charge < -0.3 is 14.8 Å². The first-order valence-electron chi connectivity index (χ1n) is 13.2. The van der Waals surface area contributed by atoms with E-state index < -0.39 is 0 Å². The van der Waals surface area contributed by atoms with Crippen LogP contribution < -0.4 is 5.32 Å². The zero-order valence-electron chi connectivity index (χ0n) is 21.4. The summed E-state index contributed by atoms with van der Waals surface area (Å²) in [5, 5.41) is 3.82. The predicted octanol–water partition coefficient (Wildman–Crippen LogP) is 6.92. The van der Waals surface area contributed by atoms with Gasteiger partial charge in [-0.25, -0.2) is 0 Å². The largest absolute Gasteiger partial charge is 0.355 e. The molecule has 1 fully saturated rings. The summed E-state index contributed by atoms with van der Waals surface area (Å²) < 4.78 is 2.31. The number of hydrogen-bond acceptors (Lipinski definition) is 2. The van der Waals surface area contributed by atoms with Crippen molar-refractivity contribution in [3.05, 3.63) is 101 Å². The highest BCUT2D eigenvalue weighted by molar-refractivity contribution is 6.30. The van der Waals surface area contributed by atoms with Crippen molar-refractivity contribution in [3.8, 4) is 28.2 Å². The molecule has 37 heavy (non-hydrogen) atoms. The van der Waals surface area contributed by atoms with Crippen molar-refractivity contribution in [3.63, 3.8) is 0 Å². The van der Waals surface area contributed by atoms with Crippen molar-refractivity contribution in [1.82, 2.24) is 14.8 Å². The molecule has 4 aromatic rings. The Bertz CT molecular complexity index is 1340. The van der Waals surface area contributed by atoms with Gasteiger partial charge in [0.1, 0.15) is 0 Å². The first kappa shape index (κ1) is 25.3. The van der Waals surface area contributed by atoms with Gasteiger partial charge in [-0.1, -0.05) is 72.6 Å². The molecular formula is C32H34ClN3O. The molecule has 0 saturated carbocycles. The highest BCUT2D eigenvalue weighted by Gasteiger charge is 2.16. The van der Waals surface area contributed by atoms with Gasteiger partial charge >= 0.3 is 0 Å². The first-order valence-corrected chi connectivity index (χ1v) is 13.6. The lowest BCUT2D eigenvalue weighted by atomic mass is 10.1. The second kappa shape index (κ2) is 11.8. The minimum atomic E-state index is 0.0815. The third-order valence-corrected chi connectivity index (χ3v) is 7.44. The van der Waals surface area contributed by atoms with E-state index in [9.17, 15) is 4.79 Å². The predicted molar refractivity (Wildman–Crippen MR) is 153 cm³/mol. The van der Waals surface area contributed by atoms with Crippen LogP contribution in [0.4, 0.5) is 0 Å². The number of halogens is 1. The van der Waals surface area contributed by atoms with E-state index in [1.807, 2.05) is 12.1 Å². The van der Waals surface area contributed by atoms with Crippen LogP contribution >= 0.6 is 11.6 Å². The van der Waals surface area contributed by atoms with E-state index in [0.29, 0.717) is 13.0 Å². The summed E-state index contributed by atoms with van der Waals surface area (Å²) in [5.41, 5.74) is 7.80. The van der Waals surface area contributed by atoms with Crippen molar-refractivity contribution >= 4 is 17.5 Å². The van der Waals surface area contributed by atoms with E-state index >= 15 is 0 Å². The van der Waals surface area contributed by atoms with Crippen LogP contribution in [-0.4, -0.2) is 41.6 Å². The maximum Gasteiger partial charge on any atom is 0.224 e. The maximum atomic E-state index is 12.5. The van der Waals surface area contributed by atoms with Gasteiger partial charge in [0.05, 0.1) is 17.8 Å². The van der Waals surface area contributed by atoms with Gasteiger partial charge in [-0.3, -0.25) is 4.79 Å². The third-order valence-electron chi connectivity index (χ3n) is 7.19. The zero-order chi connectivity index (χ0) is 25.6. The molecule has 1 aliphatic heterocycles. The summed E-state index contributed by atoms with van der Waals surface area (Å²) in [5.74, 6) is 0.0815. The summed E-state index contributed by atoms with van der Waals surface area (Å²) >= 11 is 6.16. The van der Waals surface area contributed by atoms with Gasteiger partial charge in [-0.05, 0) is 85.4 Å². The molecule has 0 spiro atoms. The number of piperidine rings is 1. The van der Waals surface area contributed by atoms with Gasteiger partial charge in [0.25, 0.3) is 0 Å². The van der Waals surface area contributed by atoms with Gasteiger partial charge in [0.15, 0.2) is 0 Å². The Labute approximate surface area is 224 Å². The Kier molecular flexibility index (Phi) is 8.08. The Morgan fingerprint density at radius 3 is 2.08 bits per heavy atom. The topological polar surface area (TPSA) is 37.3 Å². The van der Waals surface area contributed by atoms with E-state index in [0.717, 1.165) is 58.4 Å². The summed E-state index contributed by atoms with van der Waals surface area (Å²) in [6, 6.07) is 29.1. The van der Waals surface area contributed by atoms with Crippen molar-refractivity contribution in [2.45, 2.75) is 32.6 Å².